The van der Waals surface area contributed by atoms with Gasteiger partial charge in [-0.25, -0.2) is 4.68 Å². The van der Waals surface area contributed by atoms with E-state index in [0.717, 1.165) is 12.1 Å². The quantitative estimate of drug-likeness (QED) is 0.945. The molecule has 0 aliphatic rings. The molecule has 1 aromatic carbocycles. The first kappa shape index (κ1) is 15.0. The lowest BCUT2D eigenvalue weighted by Gasteiger charge is -2.12. The summed E-state index contributed by atoms with van der Waals surface area (Å²) in [5.74, 6) is -1.08. The Bertz CT molecular complexity index is 692. The number of hydrogen-bond acceptors (Lipinski definition) is 3. The summed E-state index contributed by atoms with van der Waals surface area (Å²) < 4.78 is 39.5. The zero-order valence-electron chi connectivity index (χ0n) is 11.3. The topological polar surface area (TPSA) is 68.0 Å². The molecular weight excluding hydrogens is 287 g/mol. The molecule has 0 aliphatic heterocycles. The number of aromatic nitrogens is 3. The maximum Gasteiger partial charge on any atom is 0.416 e. The van der Waals surface area contributed by atoms with Gasteiger partial charge in [-0.2, -0.15) is 13.2 Å². The molecule has 1 N–H and O–H groups in total. The third-order valence-electron chi connectivity index (χ3n) is 3.07. The Labute approximate surface area is 118 Å². The second-order valence-electron chi connectivity index (χ2n) is 4.60. The Balaban J connectivity index is 2.52. The SMILES string of the molecule is Cc1ccc(C(F)(F)F)cc1-n1nnc(CC(=O)O)c1C. The molecule has 0 atom stereocenters. The van der Waals surface area contributed by atoms with Crippen molar-refractivity contribution in [1.29, 1.82) is 0 Å². The molecule has 0 radical (unpaired) electrons. The van der Waals surface area contributed by atoms with Crippen LogP contribution >= 0.6 is 0 Å². The molecule has 0 aliphatic carbocycles. The van der Waals surface area contributed by atoms with Gasteiger partial charge in [0.2, 0.25) is 0 Å². The molecule has 21 heavy (non-hydrogen) atoms. The van der Waals surface area contributed by atoms with Crippen LogP contribution in [-0.2, 0) is 17.4 Å². The Morgan fingerprint density at radius 2 is 2.00 bits per heavy atom. The number of halogens is 3. The van der Waals surface area contributed by atoms with Crippen molar-refractivity contribution >= 4 is 5.97 Å². The van der Waals surface area contributed by atoms with E-state index in [0.29, 0.717) is 11.3 Å². The van der Waals surface area contributed by atoms with Gasteiger partial charge in [-0.3, -0.25) is 4.79 Å². The molecule has 8 heteroatoms. The summed E-state index contributed by atoms with van der Waals surface area (Å²) in [6.45, 7) is 3.21. The van der Waals surface area contributed by atoms with Crippen LogP contribution in [0.4, 0.5) is 13.2 Å². The van der Waals surface area contributed by atoms with E-state index in [4.69, 9.17) is 5.11 Å². The first-order valence-electron chi connectivity index (χ1n) is 6.01. The van der Waals surface area contributed by atoms with Crippen molar-refractivity contribution in [2.24, 2.45) is 0 Å². The number of aryl methyl sites for hydroxylation is 1. The molecule has 0 saturated heterocycles. The molecule has 2 rings (SSSR count). The minimum atomic E-state index is -4.46. The van der Waals surface area contributed by atoms with Gasteiger partial charge in [0.25, 0.3) is 0 Å². The highest BCUT2D eigenvalue weighted by Gasteiger charge is 2.31. The van der Waals surface area contributed by atoms with Gasteiger partial charge in [0.15, 0.2) is 0 Å². The predicted octanol–water partition coefficient (Wildman–Crippen LogP) is 2.53. The molecule has 0 bridgehead atoms. The molecule has 0 unspecified atom stereocenters. The van der Waals surface area contributed by atoms with Crippen LogP contribution in [0.15, 0.2) is 18.2 Å². The van der Waals surface area contributed by atoms with Crippen LogP contribution in [0.5, 0.6) is 0 Å². The molecule has 2 aromatic rings. The predicted molar refractivity (Wildman–Crippen MR) is 67.2 cm³/mol. The van der Waals surface area contributed by atoms with E-state index in [9.17, 15) is 18.0 Å². The smallest absolute Gasteiger partial charge is 0.416 e. The van der Waals surface area contributed by atoms with Crippen molar-refractivity contribution in [2.45, 2.75) is 26.4 Å². The average Bonchev–Trinajstić information content (AvgIpc) is 2.70. The second-order valence-corrected chi connectivity index (χ2v) is 4.60. The van der Waals surface area contributed by atoms with Gasteiger partial charge in [0.1, 0.15) is 0 Å². The Morgan fingerprint density at radius 3 is 2.57 bits per heavy atom. The van der Waals surface area contributed by atoms with E-state index in [1.54, 1.807) is 13.8 Å². The van der Waals surface area contributed by atoms with Crippen molar-refractivity contribution in [1.82, 2.24) is 15.0 Å². The lowest BCUT2D eigenvalue weighted by molar-refractivity contribution is -0.138. The lowest BCUT2D eigenvalue weighted by Crippen LogP contribution is -2.09. The minimum absolute atomic E-state index is 0.222. The molecule has 112 valence electrons. The van der Waals surface area contributed by atoms with Gasteiger partial charge in [-0.05, 0) is 31.5 Å². The first-order chi connectivity index (χ1) is 9.70. The third kappa shape index (κ3) is 3.04. The minimum Gasteiger partial charge on any atom is -0.481 e. The van der Waals surface area contributed by atoms with E-state index in [2.05, 4.69) is 10.3 Å². The number of aliphatic carboxylic acids is 1. The highest BCUT2D eigenvalue weighted by molar-refractivity contribution is 5.69. The number of carboxylic acid groups (broad SMARTS) is 1. The lowest BCUT2D eigenvalue weighted by atomic mass is 10.1. The first-order valence-corrected chi connectivity index (χ1v) is 6.01. The van der Waals surface area contributed by atoms with Crippen LogP contribution in [0.25, 0.3) is 5.69 Å². The highest BCUT2D eigenvalue weighted by Crippen LogP contribution is 2.31. The number of carboxylic acids is 1. The normalized spacial score (nSPS) is 11.7. The molecule has 0 saturated carbocycles. The summed E-state index contributed by atoms with van der Waals surface area (Å²) >= 11 is 0. The largest absolute Gasteiger partial charge is 0.481 e. The molecule has 0 fully saturated rings. The standard InChI is InChI=1S/C13H12F3N3O2/c1-7-3-4-9(13(14,15)16)5-11(7)19-8(2)10(17-18-19)6-12(20)21/h3-5H,6H2,1-2H3,(H,20,21). The number of nitrogens with zero attached hydrogens (tertiary/aromatic N) is 3. The van der Waals surface area contributed by atoms with Gasteiger partial charge in [-0.1, -0.05) is 11.3 Å². The van der Waals surface area contributed by atoms with Gasteiger partial charge in [-0.15, -0.1) is 5.10 Å². The second kappa shape index (κ2) is 5.19. The Morgan fingerprint density at radius 1 is 1.33 bits per heavy atom. The van der Waals surface area contributed by atoms with Gasteiger partial charge < -0.3 is 5.11 Å². The summed E-state index contributed by atoms with van der Waals surface area (Å²) in [7, 11) is 0. The van der Waals surface area contributed by atoms with Crippen molar-refractivity contribution in [2.75, 3.05) is 0 Å². The van der Waals surface area contributed by atoms with Crippen LogP contribution in [0.1, 0.15) is 22.5 Å². The van der Waals surface area contributed by atoms with Crippen LogP contribution in [0.2, 0.25) is 0 Å². The highest BCUT2D eigenvalue weighted by atomic mass is 19.4. The van der Waals surface area contributed by atoms with Crippen LogP contribution in [0.3, 0.4) is 0 Å². The third-order valence-corrected chi connectivity index (χ3v) is 3.07. The molecule has 0 spiro atoms. The molecule has 1 aromatic heterocycles. The number of carbonyl (C=O) groups is 1. The number of alkyl halides is 3. The number of benzene rings is 1. The van der Waals surface area contributed by atoms with E-state index >= 15 is 0 Å². The van der Waals surface area contributed by atoms with Crippen molar-refractivity contribution in [3.05, 3.63) is 40.7 Å². The maximum absolute atomic E-state index is 12.8. The van der Waals surface area contributed by atoms with Crippen LogP contribution in [0, 0.1) is 13.8 Å². The zero-order chi connectivity index (χ0) is 15.8. The molecular formula is C13H12F3N3O2. The van der Waals surface area contributed by atoms with E-state index in [1.807, 2.05) is 0 Å². The Kier molecular flexibility index (Phi) is 3.71. The van der Waals surface area contributed by atoms with Gasteiger partial charge in [0, 0.05) is 0 Å². The molecule has 5 nitrogen and oxygen atoms in total. The summed E-state index contributed by atoms with van der Waals surface area (Å²) in [5.41, 5.74) is 0.640. The van der Waals surface area contributed by atoms with Crippen LogP contribution in [-0.4, -0.2) is 26.1 Å². The number of hydrogen-bond donors (Lipinski definition) is 1. The summed E-state index contributed by atoms with van der Waals surface area (Å²) in [4.78, 5) is 10.7. The van der Waals surface area contributed by atoms with Gasteiger partial charge >= 0.3 is 12.1 Å². The van der Waals surface area contributed by atoms with Crippen LogP contribution < -0.4 is 0 Å². The van der Waals surface area contributed by atoms with Gasteiger partial charge in [0.05, 0.1) is 29.1 Å². The fraction of sp³-hybridized carbons (Fsp3) is 0.308. The monoisotopic (exact) mass is 299 g/mol. The van der Waals surface area contributed by atoms with E-state index in [1.165, 1.54) is 10.7 Å². The van der Waals surface area contributed by atoms with Crippen molar-refractivity contribution in [3.8, 4) is 5.69 Å². The van der Waals surface area contributed by atoms with Crippen molar-refractivity contribution < 1.29 is 23.1 Å². The molecule has 0 amide bonds. The molecule has 1 heterocycles. The summed E-state index contributed by atoms with van der Waals surface area (Å²) in [6, 6.07) is 3.31. The van der Waals surface area contributed by atoms with E-state index in [-0.39, 0.29) is 17.8 Å². The van der Waals surface area contributed by atoms with Crippen molar-refractivity contribution in [3.63, 3.8) is 0 Å². The van der Waals surface area contributed by atoms with E-state index < -0.39 is 17.7 Å². The number of rotatable bonds is 3. The summed E-state index contributed by atoms with van der Waals surface area (Å²) in [5, 5.41) is 16.2. The maximum atomic E-state index is 12.8. The summed E-state index contributed by atoms with van der Waals surface area (Å²) in [6.07, 6.45) is -4.79. The fourth-order valence-corrected chi connectivity index (χ4v) is 1.91. The average molecular weight is 299 g/mol. The zero-order valence-corrected chi connectivity index (χ0v) is 11.3. The fourth-order valence-electron chi connectivity index (χ4n) is 1.91. The Hall–Kier alpha value is -2.38.